The van der Waals surface area contributed by atoms with Crippen molar-refractivity contribution in [3.63, 3.8) is 0 Å². The van der Waals surface area contributed by atoms with Gasteiger partial charge in [0.15, 0.2) is 11.6 Å². The third-order valence-corrected chi connectivity index (χ3v) is 9.60. The number of rotatable bonds is 4. The van der Waals surface area contributed by atoms with E-state index in [9.17, 15) is 18.8 Å². The minimum atomic E-state index is -0.789. The molecule has 198 valence electrons. The molecule has 38 heavy (non-hydrogen) atoms. The second-order valence-corrected chi connectivity index (χ2v) is 11.6. The molecule has 3 aromatic heterocycles. The van der Waals surface area contributed by atoms with Crippen molar-refractivity contribution in [2.45, 2.75) is 44.9 Å². The van der Waals surface area contributed by atoms with Crippen LogP contribution in [0.2, 0.25) is 0 Å². The van der Waals surface area contributed by atoms with Gasteiger partial charge < -0.3 is 14.8 Å². The molecule has 4 unspecified atom stereocenters. The van der Waals surface area contributed by atoms with E-state index in [0.717, 1.165) is 37.8 Å². The summed E-state index contributed by atoms with van der Waals surface area (Å²) in [5.41, 5.74) is -0.0216. The number of H-pyrrole nitrogens is 1. The Bertz CT molecular complexity index is 1420. The van der Waals surface area contributed by atoms with Crippen LogP contribution in [0.3, 0.4) is 0 Å². The Labute approximate surface area is 218 Å². The average molecular weight is 520 g/mol. The fourth-order valence-corrected chi connectivity index (χ4v) is 7.80. The lowest BCUT2D eigenvalue weighted by atomic mass is 9.51. The number of Topliss-reactive ketones (excluding diaryl/α,β-unsaturated/α-hetero) is 1. The summed E-state index contributed by atoms with van der Waals surface area (Å²) in [6.45, 7) is 1.42. The predicted octanol–water partition coefficient (Wildman–Crippen LogP) is 2.74. The number of ketones is 1. The van der Waals surface area contributed by atoms with Gasteiger partial charge in [-0.15, -0.1) is 5.10 Å². The van der Waals surface area contributed by atoms with E-state index >= 15 is 0 Å². The number of fused-ring (bicyclic) bond motifs is 3. The van der Waals surface area contributed by atoms with Crippen LogP contribution < -0.4 is 0 Å². The summed E-state index contributed by atoms with van der Waals surface area (Å²) >= 11 is 0. The van der Waals surface area contributed by atoms with E-state index in [2.05, 4.69) is 20.3 Å². The standard InChI is InChI=1S/C27H30FN7O3/c28-20-15-30-24(35-6-5-31-32-35)22-21(20)19(14-29-22)23(36)25(37)33-7-9-34(10-8-33)26(38)27-4-3-17-2-1-16(12-27)11-18(17)13-27/h5-6,14-18,29H,1-4,7-13H2. The molecule has 11 heteroatoms. The molecule has 2 amide bonds. The van der Waals surface area contributed by atoms with Crippen molar-refractivity contribution >= 4 is 28.5 Å². The lowest BCUT2D eigenvalue weighted by molar-refractivity contribution is -0.157. The summed E-state index contributed by atoms with van der Waals surface area (Å²) in [5.74, 6) is 0.498. The van der Waals surface area contributed by atoms with Crippen molar-refractivity contribution in [2.75, 3.05) is 26.2 Å². The number of piperazine rings is 1. The number of nitrogens with zero attached hydrogens (tertiary/aromatic N) is 6. The SMILES string of the molecule is O=C(C(=O)N1CCN(C(=O)C23CCC4CCC(CC4C2)C3)CC1)c1c[nH]c2c(-n3ccnn3)ncc(F)c12. The molecule has 0 spiro atoms. The number of pyridine rings is 1. The lowest BCUT2D eigenvalue weighted by Gasteiger charge is -2.55. The zero-order valence-electron chi connectivity index (χ0n) is 21.1. The van der Waals surface area contributed by atoms with E-state index in [1.54, 1.807) is 6.20 Å². The molecule has 4 atom stereocenters. The summed E-state index contributed by atoms with van der Waals surface area (Å²) in [4.78, 5) is 50.5. The van der Waals surface area contributed by atoms with Crippen LogP contribution in [0.1, 0.15) is 55.3 Å². The summed E-state index contributed by atoms with van der Waals surface area (Å²) < 4.78 is 16.2. The maximum absolute atomic E-state index is 14.8. The Hall–Kier alpha value is -3.63. The highest BCUT2D eigenvalue weighted by Crippen LogP contribution is 2.58. The molecule has 3 saturated carbocycles. The molecule has 4 fully saturated rings. The molecular weight excluding hydrogens is 489 g/mol. The third-order valence-electron chi connectivity index (χ3n) is 9.60. The van der Waals surface area contributed by atoms with E-state index in [1.165, 1.54) is 41.2 Å². The first-order valence-corrected chi connectivity index (χ1v) is 13.6. The molecule has 1 saturated heterocycles. The van der Waals surface area contributed by atoms with Crippen LogP contribution in [0, 0.1) is 29.0 Å². The fourth-order valence-electron chi connectivity index (χ4n) is 7.80. The molecule has 4 heterocycles. The molecular formula is C27H30FN7O3. The zero-order valence-corrected chi connectivity index (χ0v) is 21.1. The molecule has 1 aliphatic heterocycles. The Morgan fingerprint density at radius 1 is 1.03 bits per heavy atom. The normalized spacial score (nSPS) is 28.6. The molecule has 7 rings (SSSR count). The third kappa shape index (κ3) is 3.58. The van der Waals surface area contributed by atoms with Crippen molar-refractivity contribution < 1.29 is 18.8 Å². The molecule has 3 aromatic rings. The van der Waals surface area contributed by atoms with Gasteiger partial charge in [-0.2, -0.15) is 0 Å². The van der Waals surface area contributed by atoms with Crippen LogP contribution in [0.5, 0.6) is 0 Å². The molecule has 3 bridgehead atoms. The van der Waals surface area contributed by atoms with Gasteiger partial charge >= 0.3 is 0 Å². The number of hydrogen-bond donors (Lipinski definition) is 1. The highest BCUT2D eigenvalue weighted by atomic mass is 19.1. The quantitative estimate of drug-likeness (QED) is 0.419. The Kier molecular flexibility index (Phi) is 5.38. The maximum Gasteiger partial charge on any atom is 0.295 e. The fraction of sp³-hybridized carbons (Fsp3) is 0.556. The monoisotopic (exact) mass is 519 g/mol. The highest BCUT2D eigenvalue weighted by molar-refractivity contribution is 6.45. The summed E-state index contributed by atoms with van der Waals surface area (Å²) in [7, 11) is 0. The average Bonchev–Trinajstić information content (AvgIpc) is 3.63. The molecule has 0 radical (unpaired) electrons. The number of carbonyl (C=O) groups excluding carboxylic acids is 3. The van der Waals surface area contributed by atoms with Crippen molar-refractivity contribution in [1.29, 1.82) is 0 Å². The van der Waals surface area contributed by atoms with E-state index in [0.29, 0.717) is 38.0 Å². The van der Waals surface area contributed by atoms with E-state index in [4.69, 9.17) is 0 Å². The Morgan fingerprint density at radius 3 is 2.63 bits per heavy atom. The second-order valence-electron chi connectivity index (χ2n) is 11.6. The predicted molar refractivity (Wildman–Crippen MR) is 134 cm³/mol. The van der Waals surface area contributed by atoms with E-state index < -0.39 is 17.5 Å². The van der Waals surface area contributed by atoms with Crippen LogP contribution >= 0.6 is 0 Å². The minimum absolute atomic E-state index is 0.00443. The first kappa shape index (κ1) is 23.5. The minimum Gasteiger partial charge on any atom is -0.357 e. The second kappa shape index (κ2) is 8.71. The Balaban J connectivity index is 1.06. The van der Waals surface area contributed by atoms with Gasteiger partial charge in [0.25, 0.3) is 11.7 Å². The largest absolute Gasteiger partial charge is 0.357 e. The Morgan fingerprint density at radius 2 is 1.84 bits per heavy atom. The van der Waals surface area contributed by atoms with Crippen molar-refractivity contribution in [2.24, 2.45) is 23.2 Å². The van der Waals surface area contributed by atoms with Crippen molar-refractivity contribution in [3.05, 3.63) is 36.2 Å². The number of nitrogens with one attached hydrogen (secondary N) is 1. The van der Waals surface area contributed by atoms with E-state index in [-0.39, 0.29) is 33.6 Å². The highest BCUT2D eigenvalue weighted by Gasteiger charge is 2.54. The number of amides is 2. The van der Waals surface area contributed by atoms with Gasteiger partial charge in [0.1, 0.15) is 0 Å². The smallest absolute Gasteiger partial charge is 0.295 e. The number of hydrogen-bond acceptors (Lipinski definition) is 6. The zero-order chi connectivity index (χ0) is 26.0. The van der Waals surface area contributed by atoms with Crippen LogP contribution in [-0.4, -0.2) is 78.5 Å². The van der Waals surface area contributed by atoms with Crippen molar-refractivity contribution in [1.82, 2.24) is 34.8 Å². The van der Waals surface area contributed by atoms with Crippen LogP contribution in [-0.2, 0) is 9.59 Å². The molecule has 3 aliphatic carbocycles. The molecule has 4 aliphatic rings. The van der Waals surface area contributed by atoms with Gasteiger partial charge in [0, 0.05) is 37.8 Å². The first-order chi connectivity index (χ1) is 18.4. The van der Waals surface area contributed by atoms with Crippen LogP contribution in [0.25, 0.3) is 16.7 Å². The van der Waals surface area contributed by atoms with Gasteiger partial charge in [-0.1, -0.05) is 11.6 Å². The topological polar surface area (TPSA) is 117 Å². The van der Waals surface area contributed by atoms with Gasteiger partial charge in [0.2, 0.25) is 5.91 Å². The van der Waals surface area contributed by atoms with Gasteiger partial charge in [0.05, 0.1) is 35.1 Å². The summed E-state index contributed by atoms with van der Waals surface area (Å²) in [6, 6.07) is 0. The number of aromatic nitrogens is 5. The van der Waals surface area contributed by atoms with Crippen LogP contribution in [0.4, 0.5) is 4.39 Å². The lowest BCUT2D eigenvalue weighted by Crippen LogP contribution is -2.58. The summed E-state index contributed by atoms with van der Waals surface area (Å²) in [6.07, 6.45) is 13.4. The van der Waals surface area contributed by atoms with Gasteiger partial charge in [-0.3, -0.25) is 14.4 Å². The number of aromatic amines is 1. The molecule has 10 nitrogen and oxygen atoms in total. The van der Waals surface area contributed by atoms with Gasteiger partial charge in [-0.05, 0) is 56.3 Å². The van der Waals surface area contributed by atoms with E-state index in [1.807, 2.05) is 4.90 Å². The van der Waals surface area contributed by atoms with Crippen molar-refractivity contribution in [3.8, 4) is 5.82 Å². The first-order valence-electron chi connectivity index (χ1n) is 13.6. The van der Waals surface area contributed by atoms with Gasteiger partial charge in [-0.25, -0.2) is 14.1 Å². The van der Waals surface area contributed by atoms with Crippen LogP contribution in [0.15, 0.2) is 24.8 Å². The summed E-state index contributed by atoms with van der Waals surface area (Å²) in [5, 5.41) is 7.62. The number of carbonyl (C=O) groups is 3. The molecule has 0 aromatic carbocycles. The maximum atomic E-state index is 14.8. The molecule has 1 N–H and O–H groups in total. The number of halogens is 1.